The van der Waals surface area contributed by atoms with Crippen LogP contribution >= 0.6 is 0 Å². The van der Waals surface area contributed by atoms with Gasteiger partial charge in [-0.05, 0) is 12.1 Å². The van der Waals surface area contributed by atoms with Crippen LogP contribution in [0.1, 0.15) is 10.4 Å². The summed E-state index contributed by atoms with van der Waals surface area (Å²) in [5.74, 6) is -0.796. The predicted octanol–water partition coefficient (Wildman–Crippen LogP) is 0.860. The van der Waals surface area contributed by atoms with Crippen LogP contribution in [0, 0.1) is 0 Å². The van der Waals surface area contributed by atoms with E-state index in [1.54, 1.807) is 18.2 Å². The zero-order valence-electron chi connectivity index (χ0n) is 10.5. The van der Waals surface area contributed by atoms with Crippen molar-refractivity contribution in [2.75, 3.05) is 27.8 Å². The van der Waals surface area contributed by atoms with Crippen molar-refractivity contribution in [1.29, 1.82) is 0 Å². The van der Waals surface area contributed by atoms with E-state index in [0.717, 1.165) is 4.90 Å². The second-order valence-corrected chi connectivity index (χ2v) is 3.60. The molecule has 98 valence electrons. The minimum absolute atomic E-state index is 0.264. The summed E-state index contributed by atoms with van der Waals surface area (Å²) < 4.78 is 10.2. The monoisotopic (exact) mass is 253 g/mol. The number of aliphatic carboxylic acids is 1. The second kappa shape index (κ2) is 5.90. The van der Waals surface area contributed by atoms with Gasteiger partial charge in [0.15, 0.2) is 11.5 Å². The number of carboxylic acids is 1. The van der Waals surface area contributed by atoms with Gasteiger partial charge in [-0.1, -0.05) is 6.07 Å². The lowest BCUT2D eigenvalue weighted by Gasteiger charge is -2.17. The summed E-state index contributed by atoms with van der Waals surface area (Å²) in [6.07, 6.45) is 0. The number of carboxylic acid groups (broad SMARTS) is 1. The van der Waals surface area contributed by atoms with Crippen LogP contribution in [0.15, 0.2) is 18.2 Å². The molecule has 1 aromatic rings. The summed E-state index contributed by atoms with van der Waals surface area (Å²) in [7, 11) is 4.30. The maximum absolute atomic E-state index is 12.1. The molecule has 0 aromatic heterocycles. The van der Waals surface area contributed by atoms with E-state index in [1.165, 1.54) is 21.3 Å². The van der Waals surface area contributed by atoms with E-state index in [2.05, 4.69) is 0 Å². The molecule has 0 spiro atoms. The molecule has 0 aliphatic heterocycles. The van der Waals surface area contributed by atoms with E-state index in [-0.39, 0.29) is 12.1 Å². The molecule has 0 saturated carbocycles. The Kier molecular flexibility index (Phi) is 4.53. The SMILES string of the molecule is COc1cccc(C(=O)N(C)CC(=O)O)c1OC. The number of hydrogen-bond acceptors (Lipinski definition) is 4. The third-order valence-corrected chi connectivity index (χ3v) is 2.35. The maximum atomic E-state index is 12.1. The Morgan fingerprint density at radius 2 is 1.94 bits per heavy atom. The standard InChI is InChI=1S/C12H15NO5/c1-13(7-10(14)15)12(16)8-5-4-6-9(17-2)11(8)18-3/h4-6H,7H2,1-3H3,(H,14,15). The lowest BCUT2D eigenvalue weighted by molar-refractivity contribution is -0.137. The zero-order valence-corrected chi connectivity index (χ0v) is 10.5. The van der Waals surface area contributed by atoms with E-state index in [0.29, 0.717) is 11.5 Å². The quantitative estimate of drug-likeness (QED) is 0.842. The van der Waals surface area contributed by atoms with Gasteiger partial charge >= 0.3 is 5.97 Å². The largest absolute Gasteiger partial charge is 0.493 e. The molecular weight excluding hydrogens is 238 g/mol. The molecule has 6 nitrogen and oxygen atoms in total. The molecule has 0 saturated heterocycles. The second-order valence-electron chi connectivity index (χ2n) is 3.60. The van der Waals surface area contributed by atoms with Crippen LogP contribution in [0.25, 0.3) is 0 Å². The Morgan fingerprint density at radius 3 is 2.44 bits per heavy atom. The molecule has 0 aliphatic carbocycles. The van der Waals surface area contributed by atoms with E-state index in [4.69, 9.17) is 14.6 Å². The summed E-state index contributed by atoms with van der Waals surface area (Å²) in [5.41, 5.74) is 0.264. The number of ether oxygens (including phenoxy) is 2. The first-order valence-electron chi connectivity index (χ1n) is 5.19. The molecule has 1 aromatic carbocycles. The number of methoxy groups -OCH3 is 2. The van der Waals surface area contributed by atoms with Crippen LogP contribution in [0.4, 0.5) is 0 Å². The number of para-hydroxylation sites is 1. The van der Waals surface area contributed by atoms with Crippen molar-refractivity contribution in [3.63, 3.8) is 0 Å². The molecule has 18 heavy (non-hydrogen) atoms. The van der Waals surface area contributed by atoms with Crippen molar-refractivity contribution in [2.45, 2.75) is 0 Å². The van der Waals surface area contributed by atoms with E-state index in [1.807, 2.05) is 0 Å². The summed E-state index contributed by atoms with van der Waals surface area (Å²) in [4.78, 5) is 23.7. The average molecular weight is 253 g/mol. The number of amides is 1. The molecule has 0 heterocycles. The normalized spacial score (nSPS) is 9.72. The van der Waals surface area contributed by atoms with Crippen molar-refractivity contribution in [3.8, 4) is 11.5 Å². The van der Waals surface area contributed by atoms with Crippen molar-refractivity contribution < 1.29 is 24.2 Å². The third kappa shape index (κ3) is 2.91. The fourth-order valence-electron chi connectivity index (χ4n) is 1.54. The van der Waals surface area contributed by atoms with Crippen molar-refractivity contribution >= 4 is 11.9 Å². The van der Waals surface area contributed by atoms with Crippen LogP contribution in [0.2, 0.25) is 0 Å². The average Bonchev–Trinajstić information content (AvgIpc) is 2.35. The third-order valence-electron chi connectivity index (χ3n) is 2.35. The summed E-state index contributed by atoms with van der Waals surface area (Å²) in [5, 5.41) is 8.66. The highest BCUT2D eigenvalue weighted by Gasteiger charge is 2.20. The maximum Gasteiger partial charge on any atom is 0.323 e. The van der Waals surface area contributed by atoms with Gasteiger partial charge in [-0.3, -0.25) is 9.59 Å². The Hall–Kier alpha value is -2.24. The first-order chi connectivity index (χ1) is 8.51. The molecule has 6 heteroatoms. The number of carbonyl (C=O) groups is 2. The molecule has 0 radical (unpaired) electrons. The molecule has 0 bridgehead atoms. The number of carbonyl (C=O) groups excluding carboxylic acids is 1. The number of hydrogen-bond donors (Lipinski definition) is 1. The highest BCUT2D eigenvalue weighted by atomic mass is 16.5. The lowest BCUT2D eigenvalue weighted by Crippen LogP contribution is -2.32. The number of likely N-dealkylation sites (N-methyl/N-ethyl adjacent to an activating group) is 1. The van der Waals surface area contributed by atoms with Gasteiger partial charge < -0.3 is 19.5 Å². The molecule has 0 unspecified atom stereocenters. The fourth-order valence-corrected chi connectivity index (χ4v) is 1.54. The van der Waals surface area contributed by atoms with Gasteiger partial charge in [0.25, 0.3) is 5.91 Å². The number of nitrogens with zero attached hydrogens (tertiary/aromatic N) is 1. The predicted molar refractivity (Wildman–Crippen MR) is 64.1 cm³/mol. The van der Waals surface area contributed by atoms with E-state index < -0.39 is 11.9 Å². The molecule has 1 rings (SSSR count). The minimum atomic E-state index is -1.08. The number of benzene rings is 1. The minimum Gasteiger partial charge on any atom is -0.493 e. The Bertz CT molecular complexity index is 458. The molecule has 0 fully saturated rings. The van der Waals surface area contributed by atoms with Gasteiger partial charge in [-0.25, -0.2) is 0 Å². The van der Waals surface area contributed by atoms with Crippen LogP contribution < -0.4 is 9.47 Å². The Morgan fingerprint density at radius 1 is 1.28 bits per heavy atom. The molecule has 0 aliphatic rings. The van der Waals surface area contributed by atoms with Crippen molar-refractivity contribution in [2.24, 2.45) is 0 Å². The zero-order chi connectivity index (χ0) is 13.7. The number of rotatable bonds is 5. The highest BCUT2D eigenvalue weighted by molar-refractivity contribution is 5.98. The molecular formula is C12H15NO5. The summed E-state index contributed by atoms with van der Waals surface area (Å²) in [6.45, 7) is -0.376. The topological polar surface area (TPSA) is 76.1 Å². The van der Waals surface area contributed by atoms with Gasteiger partial charge in [-0.15, -0.1) is 0 Å². The first kappa shape index (κ1) is 13.8. The van der Waals surface area contributed by atoms with Crippen molar-refractivity contribution in [3.05, 3.63) is 23.8 Å². The van der Waals surface area contributed by atoms with Gasteiger partial charge in [-0.2, -0.15) is 0 Å². The molecule has 1 amide bonds. The van der Waals surface area contributed by atoms with Crippen LogP contribution in [-0.4, -0.2) is 49.7 Å². The summed E-state index contributed by atoms with van der Waals surface area (Å²) in [6, 6.07) is 4.86. The fraction of sp³-hybridized carbons (Fsp3) is 0.333. The van der Waals surface area contributed by atoms with Crippen LogP contribution in [0.5, 0.6) is 11.5 Å². The van der Waals surface area contributed by atoms with Gasteiger partial charge in [0, 0.05) is 7.05 Å². The van der Waals surface area contributed by atoms with Crippen LogP contribution in [0.3, 0.4) is 0 Å². The van der Waals surface area contributed by atoms with E-state index >= 15 is 0 Å². The van der Waals surface area contributed by atoms with E-state index in [9.17, 15) is 9.59 Å². The smallest absolute Gasteiger partial charge is 0.323 e. The van der Waals surface area contributed by atoms with Gasteiger partial charge in [0.05, 0.1) is 19.8 Å². The van der Waals surface area contributed by atoms with Gasteiger partial charge in [0.1, 0.15) is 6.54 Å². The van der Waals surface area contributed by atoms with Crippen molar-refractivity contribution in [1.82, 2.24) is 4.90 Å². The molecule has 1 N–H and O–H groups in total. The van der Waals surface area contributed by atoms with Crippen LogP contribution in [-0.2, 0) is 4.79 Å². The summed E-state index contributed by atoms with van der Waals surface area (Å²) >= 11 is 0. The molecule has 0 atom stereocenters. The van der Waals surface area contributed by atoms with Gasteiger partial charge in [0.2, 0.25) is 0 Å². The Labute approximate surface area is 105 Å². The Balaban J connectivity index is 3.08. The highest BCUT2D eigenvalue weighted by Crippen LogP contribution is 2.31. The lowest BCUT2D eigenvalue weighted by atomic mass is 10.1. The first-order valence-corrected chi connectivity index (χ1v) is 5.19.